The van der Waals surface area contributed by atoms with Gasteiger partial charge in [-0.1, -0.05) is 15.9 Å². The SMILES string of the molecule is CCNC(=NCc1cc(F)ccc1Br)NCc1c(C)nn(C)c1C.I. The van der Waals surface area contributed by atoms with Gasteiger partial charge in [0.1, 0.15) is 5.82 Å². The lowest BCUT2D eigenvalue weighted by Crippen LogP contribution is -2.37. The van der Waals surface area contributed by atoms with E-state index in [1.165, 1.54) is 12.1 Å². The topological polar surface area (TPSA) is 54.2 Å². The Morgan fingerprint density at radius 3 is 2.64 bits per heavy atom. The van der Waals surface area contributed by atoms with E-state index in [1.54, 1.807) is 6.07 Å². The Balaban J connectivity index is 0.00000312. The average molecular weight is 524 g/mol. The van der Waals surface area contributed by atoms with Crippen LogP contribution in [0.3, 0.4) is 0 Å². The predicted octanol–water partition coefficient (Wildman–Crippen LogP) is 3.81. The minimum Gasteiger partial charge on any atom is -0.357 e. The molecule has 1 aromatic carbocycles. The van der Waals surface area contributed by atoms with Crippen molar-refractivity contribution in [3.63, 3.8) is 0 Å². The maximum atomic E-state index is 13.4. The van der Waals surface area contributed by atoms with Crippen LogP contribution in [0.2, 0.25) is 0 Å². The van der Waals surface area contributed by atoms with Crippen LogP contribution in [0.25, 0.3) is 0 Å². The molecule has 1 aromatic heterocycles. The second kappa shape index (κ2) is 10.1. The maximum absolute atomic E-state index is 13.4. The monoisotopic (exact) mass is 523 g/mol. The number of hydrogen-bond acceptors (Lipinski definition) is 2. The van der Waals surface area contributed by atoms with Crippen molar-refractivity contribution < 1.29 is 4.39 Å². The Morgan fingerprint density at radius 1 is 1.32 bits per heavy atom. The number of aliphatic imine (C=N–C) groups is 1. The third-order valence-corrected chi connectivity index (χ3v) is 4.62. The number of aromatic nitrogens is 2. The normalized spacial score (nSPS) is 11.2. The number of benzene rings is 1. The van der Waals surface area contributed by atoms with Crippen LogP contribution in [0.15, 0.2) is 27.7 Å². The van der Waals surface area contributed by atoms with E-state index in [0.29, 0.717) is 19.0 Å². The molecule has 0 aliphatic carbocycles. The minimum absolute atomic E-state index is 0. The number of hydrogen-bond donors (Lipinski definition) is 2. The molecule has 1 heterocycles. The second-order valence-corrected chi connectivity index (χ2v) is 6.41. The van der Waals surface area contributed by atoms with Crippen molar-refractivity contribution in [2.24, 2.45) is 12.0 Å². The van der Waals surface area contributed by atoms with Crippen LogP contribution < -0.4 is 10.6 Å². The van der Waals surface area contributed by atoms with Crippen molar-refractivity contribution in [3.05, 3.63) is 51.0 Å². The van der Waals surface area contributed by atoms with Crippen molar-refractivity contribution in [2.75, 3.05) is 6.54 Å². The average Bonchev–Trinajstić information content (AvgIpc) is 2.78. The van der Waals surface area contributed by atoms with Gasteiger partial charge in [-0.3, -0.25) is 4.68 Å². The van der Waals surface area contributed by atoms with Gasteiger partial charge in [-0.05, 0) is 44.5 Å². The Hall–Kier alpha value is -1.16. The van der Waals surface area contributed by atoms with Gasteiger partial charge in [-0.25, -0.2) is 9.38 Å². The first-order valence-electron chi connectivity index (χ1n) is 7.87. The lowest BCUT2D eigenvalue weighted by atomic mass is 10.2. The van der Waals surface area contributed by atoms with Crippen LogP contribution in [0, 0.1) is 19.7 Å². The number of aryl methyl sites for hydroxylation is 2. The number of rotatable bonds is 5. The van der Waals surface area contributed by atoms with Crippen LogP contribution in [0.4, 0.5) is 4.39 Å². The summed E-state index contributed by atoms with van der Waals surface area (Å²) in [5.41, 5.74) is 4.10. The molecule has 0 amide bonds. The van der Waals surface area contributed by atoms with Gasteiger partial charge in [0.25, 0.3) is 0 Å². The molecule has 0 saturated carbocycles. The Bertz CT molecular complexity index is 745. The molecule has 138 valence electrons. The quantitative estimate of drug-likeness (QED) is 0.356. The zero-order valence-electron chi connectivity index (χ0n) is 14.9. The molecule has 2 aromatic rings. The maximum Gasteiger partial charge on any atom is 0.191 e. The zero-order valence-corrected chi connectivity index (χ0v) is 18.8. The summed E-state index contributed by atoms with van der Waals surface area (Å²) in [6, 6.07) is 4.62. The molecule has 0 spiro atoms. The summed E-state index contributed by atoms with van der Waals surface area (Å²) < 4.78 is 16.1. The summed E-state index contributed by atoms with van der Waals surface area (Å²) in [5.74, 6) is 0.430. The Morgan fingerprint density at radius 2 is 2.04 bits per heavy atom. The standard InChI is InChI=1S/C17H23BrFN5.HI/c1-5-20-17(21-9-13-8-14(19)6-7-16(13)18)22-10-15-11(2)23-24(4)12(15)3;/h6-8H,5,9-10H2,1-4H3,(H2,20,21,22);1H. The molecule has 25 heavy (non-hydrogen) atoms. The van der Waals surface area contributed by atoms with Gasteiger partial charge >= 0.3 is 0 Å². The third kappa shape index (κ3) is 5.95. The van der Waals surface area contributed by atoms with Crippen LogP contribution in [-0.4, -0.2) is 22.3 Å². The van der Waals surface area contributed by atoms with Gasteiger partial charge in [-0.2, -0.15) is 5.10 Å². The van der Waals surface area contributed by atoms with Gasteiger partial charge in [0.05, 0.1) is 12.2 Å². The highest BCUT2D eigenvalue weighted by atomic mass is 127. The van der Waals surface area contributed by atoms with E-state index in [2.05, 4.69) is 36.7 Å². The molecule has 0 unspecified atom stereocenters. The van der Waals surface area contributed by atoms with E-state index in [4.69, 9.17) is 0 Å². The Kier molecular flexibility index (Phi) is 8.84. The number of halogens is 3. The molecule has 0 radical (unpaired) electrons. The van der Waals surface area contributed by atoms with E-state index < -0.39 is 0 Å². The lowest BCUT2D eigenvalue weighted by molar-refractivity contribution is 0.625. The van der Waals surface area contributed by atoms with Gasteiger partial charge in [0.2, 0.25) is 0 Å². The van der Waals surface area contributed by atoms with Crippen molar-refractivity contribution >= 4 is 45.9 Å². The lowest BCUT2D eigenvalue weighted by Gasteiger charge is -2.12. The fraction of sp³-hybridized carbons (Fsp3) is 0.412. The summed E-state index contributed by atoms with van der Waals surface area (Å²) in [4.78, 5) is 4.54. The molecule has 8 heteroatoms. The summed E-state index contributed by atoms with van der Waals surface area (Å²) >= 11 is 3.43. The Labute approximate surface area is 173 Å². The molecule has 2 N–H and O–H groups in total. The summed E-state index contributed by atoms with van der Waals surface area (Å²) in [6.45, 7) is 7.83. The van der Waals surface area contributed by atoms with Gasteiger partial charge in [0.15, 0.2) is 5.96 Å². The largest absolute Gasteiger partial charge is 0.357 e. The fourth-order valence-electron chi connectivity index (χ4n) is 2.42. The van der Waals surface area contributed by atoms with Crippen molar-refractivity contribution in [3.8, 4) is 0 Å². The first kappa shape index (κ1) is 21.9. The van der Waals surface area contributed by atoms with E-state index >= 15 is 0 Å². The first-order valence-corrected chi connectivity index (χ1v) is 8.66. The molecule has 0 saturated heterocycles. The minimum atomic E-state index is -0.261. The van der Waals surface area contributed by atoms with Crippen LogP contribution in [-0.2, 0) is 20.1 Å². The molecule has 0 fully saturated rings. The summed E-state index contributed by atoms with van der Waals surface area (Å²) in [7, 11) is 1.94. The van der Waals surface area contributed by atoms with Crippen molar-refractivity contribution in [1.29, 1.82) is 0 Å². The summed E-state index contributed by atoms with van der Waals surface area (Å²) in [6.07, 6.45) is 0. The highest BCUT2D eigenvalue weighted by Gasteiger charge is 2.10. The van der Waals surface area contributed by atoms with Crippen molar-refractivity contribution in [2.45, 2.75) is 33.9 Å². The van der Waals surface area contributed by atoms with E-state index in [9.17, 15) is 4.39 Å². The third-order valence-electron chi connectivity index (χ3n) is 3.85. The highest BCUT2D eigenvalue weighted by molar-refractivity contribution is 14.0. The van der Waals surface area contributed by atoms with E-state index in [0.717, 1.165) is 33.5 Å². The van der Waals surface area contributed by atoms with E-state index in [1.807, 2.05) is 32.5 Å². The number of guanidine groups is 1. The van der Waals surface area contributed by atoms with Crippen LogP contribution in [0.1, 0.15) is 29.4 Å². The molecular weight excluding hydrogens is 500 g/mol. The van der Waals surface area contributed by atoms with Gasteiger partial charge in [0, 0.05) is 35.9 Å². The van der Waals surface area contributed by atoms with Gasteiger partial charge in [-0.15, -0.1) is 24.0 Å². The van der Waals surface area contributed by atoms with Crippen LogP contribution in [0.5, 0.6) is 0 Å². The fourth-order valence-corrected chi connectivity index (χ4v) is 2.79. The molecule has 5 nitrogen and oxygen atoms in total. The van der Waals surface area contributed by atoms with E-state index in [-0.39, 0.29) is 29.8 Å². The first-order chi connectivity index (χ1) is 11.4. The second-order valence-electron chi connectivity index (χ2n) is 5.56. The number of nitrogens with one attached hydrogen (secondary N) is 2. The molecule has 2 rings (SSSR count). The molecular formula is C17H24BrFIN5. The predicted molar refractivity (Wildman–Crippen MR) is 114 cm³/mol. The van der Waals surface area contributed by atoms with Crippen molar-refractivity contribution in [1.82, 2.24) is 20.4 Å². The highest BCUT2D eigenvalue weighted by Crippen LogP contribution is 2.18. The van der Waals surface area contributed by atoms with Crippen LogP contribution >= 0.6 is 39.9 Å². The summed E-state index contributed by atoms with van der Waals surface area (Å²) in [5, 5.41) is 10.9. The molecule has 0 atom stereocenters. The zero-order chi connectivity index (χ0) is 17.7. The van der Waals surface area contributed by atoms with Gasteiger partial charge < -0.3 is 10.6 Å². The molecule has 0 bridgehead atoms. The smallest absolute Gasteiger partial charge is 0.191 e. The molecule has 0 aliphatic rings. The molecule has 0 aliphatic heterocycles. The number of nitrogens with zero attached hydrogens (tertiary/aromatic N) is 3.